The molecule has 3 aliphatic rings. The van der Waals surface area contributed by atoms with Gasteiger partial charge in [0.2, 0.25) is 16.6 Å². The van der Waals surface area contributed by atoms with Crippen molar-refractivity contribution >= 4 is 22.6 Å². The highest BCUT2D eigenvalue weighted by Gasteiger charge is 2.77. The van der Waals surface area contributed by atoms with Crippen molar-refractivity contribution in [3.05, 3.63) is 23.3 Å². The maximum atomic E-state index is 14.1. The summed E-state index contributed by atoms with van der Waals surface area (Å²) in [5.74, 6) is -13.7. The molecule has 0 aliphatic heterocycles. The van der Waals surface area contributed by atoms with E-state index in [4.69, 9.17) is 13.6 Å². The van der Waals surface area contributed by atoms with Crippen molar-refractivity contribution < 1.29 is 49.1 Å². The molecule has 0 amide bonds. The zero-order chi connectivity index (χ0) is 31.0. The molecule has 0 unspecified atom stereocenters. The zero-order valence-corrected chi connectivity index (χ0v) is 26.5. The van der Waals surface area contributed by atoms with Crippen LogP contribution in [0.5, 0.6) is 11.5 Å². The Labute approximate surface area is 238 Å². The molecule has 0 bridgehead atoms. The standard InChI is InChI=1S/C28H39F7O4Si2/c1-25-13-12-17-18(20(25)10-11-23(25)37-24(36)26(29,30)27(31,32)28(33,34)35)9-8-16-14-21(38-40(2,3)4)22(15-19(16)17)39-41(5,6)7/h14-15,17-18,20,23H,8-13H2,1-7H3/t17-,18+,20-,23-,25-/m0/s1. The number of carbonyl (C=O) groups excluding carboxylic acids is 1. The van der Waals surface area contributed by atoms with E-state index in [0.29, 0.717) is 25.0 Å². The molecular formula is C28H39F7O4Si2. The number of ether oxygens (including phenoxy) is 1. The Balaban J connectivity index is 1.59. The van der Waals surface area contributed by atoms with Gasteiger partial charge in [0.25, 0.3) is 0 Å². The minimum Gasteiger partial charge on any atom is -0.542 e. The van der Waals surface area contributed by atoms with Crippen LogP contribution in [0.4, 0.5) is 30.7 Å². The molecule has 4 nitrogen and oxygen atoms in total. The fraction of sp³-hybridized carbons (Fsp3) is 0.750. The minimum absolute atomic E-state index is 0.0665. The van der Waals surface area contributed by atoms with Crippen molar-refractivity contribution in [2.75, 3.05) is 0 Å². The molecule has 0 spiro atoms. The van der Waals surface area contributed by atoms with Crippen LogP contribution < -0.4 is 8.85 Å². The predicted molar refractivity (Wildman–Crippen MR) is 145 cm³/mol. The third-order valence-corrected chi connectivity index (χ3v) is 10.5. The zero-order valence-electron chi connectivity index (χ0n) is 24.5. The van der Waals surface area contributed by atoms with E-state index in [1.807, 2.05) is 0 Å². The summed E-state index contributed by atoms with van der Waals surface area (Å²) >= 11 is 0. The number of benzene rings is 1. The van der Waals surface area contributed by atoms with E-state index in [-0.39, 0.29) is 24.2 Å². The van der Waals surface area contributed by atoms with E-state index < -0.39 is 52.1 Å². The first-order valence-electron chi connectivity index (χ1n) is 14.1. The van der Waals surface area contributed by atoms with Gasteiger partial charge in [-0.05, 0) is 119 Å². The number of esters is 1. The van der Waals surface area contributed by atoms with Gasteiger partial charge in [0.15, 0.2) is 0 Å². The second kappa shape index (κ2) is 10.2. The minimum atomic E-state index is -6.59. The number of halogens is 7. The summed E-state index contributed by atoms with van der Waals surface area (Å²) in [5, 5.41) is 0. The van der Waals surface area contributed by atoms with E-state index in [2.05, 4.69) is 51.4 Å². The fourth-order valence-corrected chi connectivity index (χ4v) is 8.69. The van der Waals surface area contributed by atoms with Gasteiger partial charge in [-0.25, -0.2) is 4.79 Å². The van der Waals surface area contributed by atoms with Crippen molar-refractivity contribution in [1.82, 2.24) is 0 Å². The van der Waals surface area contributed by atoms with E-state index >= 15 is 0 Å². The molecule has 1 aromatic carbocycles. The summed E-state index contributed by atoms with van der Waals surface area (Å²) in [7, 11) is -3.93. The number of carbonyl (C=O) groups is 1. The van der Waals surface area contributed by atoms with Crippen LogP contribution >= 0.6 is 0 Å². The predicted octanol–water partition coefficient (Wildman–Crippen LogP) is 8.71. The van der Waals surface area contributed by atoms with E-state index in [0.717, 1.165) is 24.2 Å². The normalized spacial score (nSPS) is 28.8. The van der Waals surface area contributed by atoms with Crippen LogP contribution in [0.2, 0.25) is 39.3 Å². The Kier molecular flexibility index (Phi) is 7.97. The van der Waals surface area contributed by atoms with Crippen LogP contribution in [0, 0.1) is 17.3 Å². The highest BCUT2D eigenvalue weighted by Crippen LogP contribution is 2.62. The van der Waals surface area contributed by atoms with Gasteiger partial charge in [-0.2, -0.15) is 30.7 Å². The number of hydrogen-bond donors (Lipinski definition) is 0. The Hall–Kier alpha value is -1.77. The number of aryl methyl sites for hydroxylation is 1. The van der Waals surface area contributed by atoms with Gasteiger partial charge in [0.05, 0.1) is 0 Å². The third-order valence-electron chi connectivity index (χ3n) is 8.79. The molecule has 2 fully saturated rings. The van der Waals surface area contributed by atoms with Crippen molar-refractivity contribution in [2.24, 2.45) is 17.3 Å². The van der Waals surface area contributed by atoms with Crippen LogP contribution in [-0.2, 0) is 16.0 Å². The lowest BCUT2D eigenvalue weighted by Gasteiger charge is -2.50. The lowest BCUT2D eigenvalue weighted by Crippen LogP contribution is -2.57. The van der Waals surface area contributed by atoms with Gasteiger partial charge in [0.1, 0.15) is 17.6 Å². The summed E-state index contributed by atoms with van der Waals surface area (Å²) in [4.78, 5) is 12.1. The molecule has 1 aromatic rings. The lowest BCUT2D eigenvalue weighted by atomic mass is 9.55. The first kappa shape index (κ1) is 32.2. The van der Waals surface area contributed by atoms with Crippen molar-refractivity contribution in [3.63, 3.8) is 0 Å². The van der Waals surface area contributed by atoms with Crippen LogP contribution in [0.25, 0.3) is 0 Å². The average molecular weight is 629 g/mol. The molecule has 4 rings (SSSR count). The molecule has 0 N–H and O–H groups in total. The molecule has 0 radical (unpaired) electrons. The van der Waals surface area contributed by atoms with Crippen molar-refractivity contribution in [2.45, 2.75) is 115 Å². The Morgan fingerprint density at radius 3 is 1.95 bits per heavy atom. The number of fused-ring (bicyclic) bond motifs is 5. The van der Waals surface area contributed by atoms with Gasteiger partial charge in [0, 0.05) is 5.41 Å². The van der Waals surface area contributed by atoms with Crippen molar-refractivity contribution in [1.29, 1.82) is 0 Å². The topological polar surface area (TPSA) is 44.8 Å². The molecule has 232 valence electrons. The molecule has 0 saturated heterocycles. The summed E-state index contributed by atoms with van der Waals surface area (Å²) in [6.45, 7) is 14.4. The first-order chi connectivity index (χ1) is 18.5. The average Bonchev–Trinajstić information content (AvgIpc) is 3.12. The summed E-state index contributed by atoms with van der Waals surface area (Å²) in [6, 6.07) is 4.16. The van der Waals surface area contributed by atoms with Gasteiger partial charge in [-0.3, -0.25) is 0 Å². The highest BCUT2D eigenvalue weighted by molar-refractivity contribution is 6.71. The number of hydrogen-bond acceptors (Lipinski definition) is 4. The monoisotopic (exact) mass is 628 g/mol. The molecule has 3 aliphatic carbocycles. The molecule has 0 heterocycles. The lowest BCUT2D eigenvalue weighted by molar-refractivity contribution is -0.349. The molecule has 5 atom stereocenters. The highest BCUT2D eigenvalue weighted by atomic mass is 28.4. The Bertz CT molecular complexity index is 1180. The Morgan fingerprint density at radius 2 is 1.41 bits per heavy atom. The van der Waals surface area contributed by atoms with Crippen LogP contribution in [0.15, 0.2) is 12.1 Å². The van der Waals surface area contributed by atoms with Crippen molar-refractivity contribution in [3.8, 4) is 11.5 Å². The van der Waals surface area contributed by atoms with Gasteiger partial charge in [-0.15, -0.1) is 0 Å². The Morgan fingerprint density at radius 1 is 0.854 bits per heavy atom. The van der Waals surface area contributed by atoms with Gasteiger partial charge in [-0.1, -0.05) is 6.92 Å². The maximum absolute atomic E-state index is 14.1. The summed E-state index contributed by atoms with van der Waals surface area (Å²) < 4.78 is 111. The number of rotatable bonds is 7. The van der Waals surface area contributed by atoms with Gasteiger partial charge < -0.3 is 13.6 Å². The van der Waals surface area contributed by atoms with Gasteiger partial charge >= 0.3 is 24.0 Å². The molecule has 13 heteroatoms. The second-order valence-corrected chi connectivity index (χ2v) is 22.9. The van der Waals surface area contributed by atoms with Crippen LogP contribution in [0.3, 0.4) is 0 Å². The summed E-state index contributed by atoms with van der Waals surface area (Å²) in [5.41, 5.74) is 1.51. The first-order valence-corrected chi connectivity index (χ1v) is 20.9. The number of alkyl halides is 7. The van der Waals surface area contributed by atoms with E-state index in [9.17, 15) is 35.5 Å². The van der Waals surface area contributed by atoms with E-state index in [1.165, 1.54) is 5.56 Å². The third kappa shape index (κ3) is 5.90. The molecular weight excluding hydrogens is 589 g/mol. The quantitative estimate of drug-likeness (QED) is 0.172. The SMILES string of the molecule is C[C@]12CC[C@@H]3c4cc(O[Si](C)(C)C)c(O[Si](C)(C)C)cc4CC[C@H]3[C@@H]1CC[C@@H]2OC(=O)C(F)(F)C(F)(F)C(F)(F)F. The summed E-state index contributed by atoms with van der Waals surface area (Å²) in [6.07, 6.45) is -4.51. The maximum Gasteiger partial charge on any atom is 0.460 e. The molecule has 0 aromatic heterocycles. The largest absolute Gasteiger partial charge is 0.542 e. The fourth-order valence-electron chi connectivity index (χ4n) is 7.05. The molecule has 2 saturated carbocycles. The van der Waals surface area contributed by atoms with Crippen LogP contribution in [0.1, 0.15) is 56.1 Å². The smallest absolute Gasteiger partial charge is 0.460 e. The van der Waals surface area contributed by atoms with Crippen LogP contribution in [-0.4, -0.2) is 46.7 Å². The second-order valence-electron chi connectivity index (χ2n) is 14.0. The molecule has 41 heavy (non-hydrogen) atoms. The van der Waals surface area contributed by atoms with E-state index in [1.54, 1.807) is 6.92 Å².